The number of aryl methyl sites for hydroxylation is 2. The van der Waals surface area contributed by atoms with Gasteiger partial charge < -0.3 is 10.0 Å². The molecule has 3 aromatic heterocycles. The Kier molecular flexibility index (Phi) is 4.22. The van der Waals surface area contributed by atoms with Crippen molar-refractivity contribution < 1.29 is 5.11 Å². The van der Waals surface area contributed by atoms with Crippen LogP contribution in [0, 0.1) is 6.92 Å². The van der Waals surface area contributed by atoms with Gasteiger partial charge in [0, 0.05) is 30.0 Å². The van der Waals surface area contributed by atoms with E-state index in [2.05, 4.69) is 25.8 Å². The van der Waals surface area contributed by atoms with Gasteiger partial charge in [-0.3, -0.25) is 14.1 Å². The molecule has 0 unspecified atom stereocenters. The number of aromatic nitrogens is 4. The molecule has 1 atom stereocenters. The largest absolute Gasteiger partial charge is 0.391 e. The Bertz CT molecular complexity index is 1330. The fourth-order valence-electron chi connectivity index (χ4n) is 4.10. The van der Waals surface area contributed by atoms with E-state index in [1.807, 2.05) is 37.3 Å². The summed E-state index contributed by atoms with van der Waals surface area (Å²) in [5.41, 5.74) is 3.79. The zero-order valence-electron chi connectivity index (χ0n) is 16.1. The molecule has 7 nitrogen and oxygen atoms in total. The average Bonchev–Trinajstić information content (AvgIpc) is 3.24. The lowest BCUT2D eigenvalue weighted by molar-refractivity contribution is 0.198. The van der Waals surface area contributed by atoms with Gasteiger partial charge in [0.25, 0.3) is 0 Å². The van der Waals surface area contributed by atoms with Crippen LogP contribution in [-0.4, -0.2) is 43.4 Å². The summed E-state index contributed by atoms with van der Waals surface area (Å²) >= 11 is 3.53. The van der Waals surface area contributed by atoms with E-state index in [-0.39, 0.29) is 11.8 Å². The van der Waals surface area contributed by atoms with Gasteiger partial charge >= 0.3 is 5.69 Å². The molecule has 0 saturated carbocycles. The highest BCUT2D eigenvalue weighted by molar-refractivity contribution is 9.10. The van der Waals surface area contributed by atoms with Gasteiger partial charge in [-0.15, -0.1) is 0 Å². The Hall–Kier alpha value is -2.71. The second kappa shape index (κ2) is 6.67. The molecular weight excluding hydrogens is 434 g/mol. The third-order valence-corrected chi connectivity index (χ3v) is 6.11. The quantitative estimate of drug-likeness (QED) is 0.504. The molecule has 1 fully saturated rings. The van der Waals surface area contributed by atoms with Gasteiger partial charge in [-0.1, -0.05) is 15.9 Å². The van der Waals surface area contributed by atoms with E-state index in [0.29, 0.717) is 6.54 Å². The number of hydrogen-bond acceptors (Lipinski definition) is 5. The van der Waals surface area contributed by atoms with Gasteiger partial charge in [0.2, 0.25) is 0 Å². The molecule has 0 amide bonds. The van der Waals surface area contributed by atoms with Crippen molar-refractivity contribution in [2.24, 2.45) is 7.05 Å². The van der Waals surface area contributed by atoms with Crippen molar-refractivity contribution in [3.05, 3.63) is 57.2 Å². The van der Waals surface area contributed by atoms with Crippen molar-refractivity contribution in [1.82, 2.24) is 19.1 Å². The van der Waals surface area contributed by atoms with Crippen molar-refractivity contribution in [2.75, 3.05) is 18.0 Å². The van der Waals surface area contributed by atoms with Crippen LogP contribution >= 0.6 is 15.9 Å². The third kappa shape index (κ3) is 2.86. The van der Waals surface area contributed by atoms with Crippen LogP contribution in [0.5, 0.6) is 0 Å². The Morgan fingerprint density at radius 3 is 2.79 bits per heavy atom. The van der Waals surface area contributed by atoms with Gasteiger partial charge in [0.05, 0.1) is 40.2 Å². The zero-order valence-corrected chi connectivity index (χ0v) is 17.7. The molecule has 148 valence electrons. The van der Waals surface area contributed by atoms with Gasteiger partial charge in [-0.05, 0) is 43.7 Å². The molecule has 0 bridgehead atoms. The van der Waals surface area contributed by atoms with Crippen LogP contribution in [-0.2, 0) is 7.05 Å². The van der Waals surface area contributed by atoms with Crippen LogP contribution in [0.3, 0.4) is 0 Å². The average molecular weight is 454 g/mol. The standard InChI is InChI=1S/C21H20BrN5O2/c1-12-17(5-6-19(24-12)26-8-7-14(28)11-26)27-20-15-9-13(22)3-4-16(15)23-10-18(20)25(2)21(27)29/h3-6,9-10,14,28H,7-8,11H2,1-2H3/t14-/m1/s1. The second-order valence-electron chi connectivity index (χ2n) is 7.49. The van der Waals surface area contributed by atoms with Gasteiger partial charge in [-0.25, -0.2) is 9.78 Å². The highest BCUT2D eigenvalue weighted by Gasteiger charge is 2.23. The lowest BCUT2D eigenvalue weighted by Crippen LogP contribution is -2.24. The maximum atomic E-state index is 13.2. The number of aliphatic hydroxyl groups is 1. The first-order chi connectivity index (χ1) is 13.9. The number of imidazole rings is 1. The van der Waals surface area contributed by atoms with Crippen LogP contribution in [0.1, 0.15) is 12.1 Å². The molecule has 1 N–H and O–H groups in total. The van der Waals surface area contributed by atoms with Gasteiger partial charge in [0.1, 0.15) is 5.82 Å². The number of rotatable bonds is 2. The molecule has 4 aromatic rings. The predicted molar refractivity (Wildman–Crippen MR) is 117 cm³/mol. The molecule has 1 saturated heterocycles. The van der Waals surface area contributed by atoms with Gasteiger partial charge in [0.15, 0.2) is 0 Å². The topological polar surface area (TPSA) is 76.2 Å². The summed E-state index contributed by atoms with van der Waals surface area (Å²) in [4.78, 5) is 24.5. The molecule has 29 heavy (non-hydrogen) atoms. The molecule has 5 rings (SSSR count). The normalized spacial score (nSPS) is 17.0. The minimum absolute atomic E-state index is 0.136. The number of fused-ring (bicyclic) bond motifs is 3. The lowest BCUT2D eigenvalue weighted by Gasteiger charge is -2.18. The number of benzene rings is 1. The number of β-amino-alcohol motifs (C(OH)–C–C–N with tert-alkyl or cyclic N) is 1. The van der Waals surface area contributed by atoms with Gasteiger partial charge in [-0.2, -0.15) is 0 Å². The first-order valence-electron chi connectivity index (χ1n) is 9.51. The summed E-state index contributed by atoms with van der Waals surface area (Å²) in [6, 6.07) is 9.73. The monoisotopic (exact) mass is 453 g/mol. The first kappa shape index (κ1) is 18.3. The predicted octanol–water partition coefficient (Wildman–Crippen LogP) is 2.91. The van der Waals surface area contributed by atoms with Crippen LogP contribution in [0.15, 0.2) is 45.8 Å². The molecule has 1 aromatic carbocycles. The van der Waals surface area contributed by atoms with E-state index in [1.165, 1.54) is 0 Å². The minimum atomic E-state index is -0.310. The number of aliphatic hydroxyl groups excluding tert-OH is 1. The second-order valence-corrected chi connectivity index (χ2v) is 8.41. The molecule has 0 spiro atoms. The Morgan fingerprint density at radius 2 is 2.07 bits per heavy atom. The zero-order chi connectivity index (χ0) is 20.3. The maximum Gasteiger partial charge on any atom is 0.333 e. The number of halogens is 1. The minimum Gasteiger partial charge on any atom is -0.391 e. The van der Waals surface area contributed by atoms with Crippen molar-refractivity contribution in [2.45, 2.75) is 19.4 Å². The van der Waals surface area contributed by atoms with E-state index >= 15 is 0 Å². The van der Waals surface area contributed by atoms with Crippen LogP contribution in [0.2, 0.25) is 0 Å². The Labute approximate surface area is 175 Å². The lowest BCUT2D eigenvalue weighted by atomic mass is 10.2. The fraction of sp³-hybridized carbons (Fsp3) is 0.286. The number of nitrogens with zero attached hydrogens (tertiary/aromatic N) is 5. The van der Waals surface area contributed by atoms with Crippen LogP contribution in [0.25, 0.3) is 27.6 Å². The molecule has 1 aliphatic rings. The summed E-state index contributed by atoms with van der Waals surface area (Å²) in [6.07, 6.45) is 2.18. The van der Waals surface area contributed by atoms with E-state index in [4.69, 9.17) is 4.98 Å². The number of hydrogen-bond donors (Lipinski definition) is 1. The highest BCUT2D eigenvalue weighted by Crippen LogP contribution is 2.29. The summed E-state index contributed by atoms with van der Waals surface area (Å²) in [5, 5.41) is 10.7. The smallest absolute Gasteiger partial charge is 0.333 e. The van der Waals surface area contributed by atoms with Crippen molar-refractivity contribution in [3.63, 3.8) is 0 Å². The number of anilines is 1. The van der Waals surface area contributed by atoms with Crippen molar-refractivity contribution in [3.8, 4) is 5.69 Å². The third-order valence-electron chi connectivity index (χ3n) is 5.62. The summed E-state index contributed by atoms with van der Waals surface area (Å²) in [5.74, 6) is 0.824. The molecule has 1 aliphatic heterocycles. The summed E-state index contributed by atoms with van der Waals surface area (Å²) in [6.45, 7) is 3.28. The molecular formula is C21H20BrN5O2. The van der Waals surface area contributed by atoms with E-state index < -0.39 is 0 Å². The highest BCUT2D eigenvalue weighted by atomic mass is 79.9. The van der Waals surface area contributed by atoms with Crippen molar-refractivity contribution >= 4 is 43.7 Å². The fourth-order valence-corrected chi connectivity index (χ4v) is 4.46. The Balaban J connectivity index is 1.76. The SMILES string of the molecule is Cc1nc(N2CC[C@@H](O)C2)ccc1-n1c(=O)n(C)c2cnc3ccc(Br)cc3c21. The first-order valence-corrected chi connectivity index (χ1v) is 10.3. The van der Waals surface area contributed by atoms with Crippen LogP contribution in [0.4, 0.5) is 5.82 Å². The van der Waals surface area contributed by atoms with E-state index in [0.717, 1.165) is 56.6 Å². The maximum absolute atomic E-state index is 13.2. The summed E-state index contributed by atoms with van der Waals surface area (Å²) < 4.78 is 4.27. The molecule has 8 heteroatoms. The molecule has 4 heterocycles. The number of pyridine rings is 2. The summed E-state index contributed by atoms with van der Waals surface area (Å²) in [7, 11) is 1.76. The van der Waals surface area contributed by atoms with E-state index in [1.54, 1.807) is 22.4 Å². The van der Waals surface area contributed by atoms with Crippen molar-refractivity contribution in [1.29, 1.82) is 0 Å². The molecule has 0 radical (unpaired) electrons. The molecule has 0 aliphatic carbocycles. The Morgan fingerprint density at radius 1 is 1.24 bits per heavy atom. The van der Waals surface area contributed by atoms with Crippen LogP contribution < -0.4 is 10.6 Å². The van der Waals surface area contributed by atoms with E-state index in [9.17, 15) is 9.90 Å².